The summed E-state index contributed by atoms with van der Waals surface area (Å²) in [7, 11) is 0. The summed E-state index contributed by atoms with van der Waals surface area (Å²) in [5, 5.41) is 18.8. The highest BCUT2D eigenvalue weighted by molar-refractivity contribution is 5.27. The third-order valence-electron chi connectivity index (χ3n) is 2.80. The Labute approximate surface area is 115 Å². The highest BCUT2D eigenvalue weighted by atomic mass is 16.5. The predicted octanol–water partition coefficient (Wildman–Crippen LogP) is 2.36. The van der Waals surface area contributed by atoms with E-state index >= 15 is 0 Å². The molecule has 0 saturated carbocycles. The van der Waals surface area contributed by atoms with Crippen LogP contribution >= 0.6 is 0 Å². The van der Waals surface area contributed by atoms with Crippen LogP contribution in [0.5, 0.6) is 5.75 Å². The molecule has 2 atom stereocenters. The minimum absolute atomic E-state index is 0.00590. The van der Waals surface area contributed by atoms with Crippen molar-refractivity contribution in [2.75, 3.05) is 0 Å². The molecule has 3 heteroatoms. The number of hydrogen-bond acceptors (Lipinski definition) is 3. The van der Waals surface area contributed by atoms with E-state index in [1.807, 2.05) is 0 Å². The smallest absolute Gasteiger partial charge is 0.161 e. The fourth-order valence-electron chi connectivity index (χ4n) is 1.88. The first kappa shape index (κ1) is 15.6. The lowest BCUT2D eigenvalue weighted by Gasteiger charge is -2.19. The average molecular weight is 262 g/mol. The van der Waals surface area contributed by atoms with Gasteiger partial charge in [0.25, 0.3) is 0 Å². The molecule has 0 aromatic heterocycles. The molecule has 0 amide bonds. The summed E-state index contributed by atoms with van der Waals surface area (Å²) in [6, 6.07) is 7.11. The van der Waals surface area contributed by atoms with E-state index in [4.69, 9.17) is 16.3 Å². The van der Waals surface area contributed by atoms with Gasteiger partial charge >= 0.3 is 0 Å². The van der Waals surface area contributed by atoms with E-state index in [-0.39, 0.29) is 6.61 Å². The summed E-state index contributed by atoms with van der Waals surface area (Å²) in [6.45, 7) is 4.12. The molecule has 0 radical (unpaired) electrons. The maximum absolute atomic E-state index is 9.87. The molecule has 0 unspecified atom stereocenters. The minimum Gasteiger partial charge on any atom is -0.478 e. The van der Waals surface area contributed by atoms with E-state index in [1.54, 1.807) is 24.3 Å². The van der Waals surface area contributed by atoms with Crippen LogP contribution in [0, 0.1) is 18.3 Å². The van der Waals surface area contributed by atoms with Crippen LogP contribution in [0.2, 0.25) is 0 Å². The Morgan fingerprint density at radius 2 is 1.84 bits per heavy atom. The van der Waals surface area contributed by atoms with E-state index < -0.39 is 12.2 Å². The Morgan fingerprint density at radius 3 is 2.32 bits per heavy atom. The van der Waals surface area contributed by atoms with Gasteiger partial charge in [-0.1, -0.05) is 31.9 Å². The van der Waals surface area contributed by atoms with Crippen molar-refractivity contribution in [1.82, 2.24) is 0 Å². The van der Waals surface area contributed by atoms with Crippen LogP contribution in [-0.2, 0) is 6.61 Å². The molecule has 1 aromatic rings. The molecule has 0 spiro atoms. The lowest BCUT2D eigenvalue weighted by atomic mass is 10.0. The van der Waals surface area contributed by atoms with Crippen molar-refractivity contribution < 1.29 is 14.9 Å². The molecule has 104 valence electrons. The van der Waals surface area contributed by atoms with Crippen molar-refractivity contribution in [3.8, 4) is 18.1 Å². The van der Waals surface area contributed by atoms with Crippen LogP contribution in [0.4, 0.5) is 0 Å². The van der Waals surface area contributed by atoms with E-state index in [0.717, 1.165) is 5.56 Å². The molecule has 19 heavy (non-hydrogen) atoms. The quantitative estimate of drug-likeness (QED) is 0.742. The van der Waals surface area contributed by atoms with Crippen LogP contribution in [0.3, 0.4) is 0 Å². The second-order valence-corrected chi connectivity index (χ2v) is 5.09. The molecule has 3 nitrogen and oxygen atoms in total. The van der Waals surface area contributed by atoms with Crippen molar-refractivity contribution in [2.24, 2.45) is 5.92 Å². The molecule has 0 saturated heterocycles. The highest BCUT2D eigenvalue weighted by Gasteiger charge is 2.15. The fraction of sp³-hybridized carbons (Fsp3) is 0.500. The van der Waals surface area contributed by atoms with Gasteiger partial charge < -0.3 is 14.9 Å². The van der Waals surface area contributed by atoms with Gasteiger partial charge in [-0.25, -0.2) is 0 Å². The van der Waals surface area contributed by atoms with E-state index in [0.29, 0.717) is 24.5 Å². The number of aliphatic hydroxyl groups is 2. The zero-order chi connectivity index (χ0) is 14.3. The molecule has 2 N–H and O–H groups in total. The molecular weight excluding hydrogens is 240 g/mol. The maximum Gasteiger partial charge on any atom is 0.161 e. The van der Waals surface area contributed by atoms with Crippen LogP contribution in [0.25, 0.3) is 0 Å². The van der Waals surface area contributed by atoms with Crippen LogP contribution < -0.4 is 4.74 Å². The van der Waals surface area contributed by atoms with Gasteiger partial charge in [-0.2, -0.15) is 0 Å². The number of ether oxygens (including phenoxy) is 1. The number of hydrogen-bond donors (Lipinski definition) is 2. The standard InChI is InChI=1S/C16H22O3/c1-4-15(10-14(18)9-12(2)3)19-16-7-5-13(11-17)6-8-16/h1,5-8,12,14-15,17-18H,9-11H2,2-3H3/t14-,15-/m1/s1. The summed E-state index contributed by atoms with van der Waals surface area (Å²) in [6.07, 6.45) is 5.69. The van der Waals surface area contributed by atoms with Crippen LogP contribution in [0.15, 0.2) is 24.3 Å². The minimum atomic E-state index is -0.447. The fourth-order valence-corrected chi connectivity index (χ4v) is 1.88. The highest BCUT2D eigenvalue weighted by Crippen LogP contribution is 2.17. The second kappa shape index (κ2) is 7.83. The number of benzene rings is 1. The van der Waals surface area contributed by atoms with Gasteiger partial charge in [0.2, 0.25) is 0 Å². The zero-order valence-corrected chi connectivity index (χ0v) is 11.5. The molecule has 0 heterocycles. The van der Waals surface area contributed by atoms with Crippen LogP contribution in [0.1, 0.15) is 32.3 Å². The molecule has 0 bridgehead atoms. The summed E-state index contributed by atoms with van der Waals surface area (Å²) in [4.78, 5) is 0. The van der Waals surface area contributed by atoms with Gasteiger partial charge in [0.05, 0.1) is 12.7 Å². The van der Waals surface area contributed by atoms with Gasteiger partial charge in [0, 0.05) is 6.42 Å². The van der Waals surface area contributed by atoms with Gasteiger partial charge in [0.15, 0.2) is 6.10 Å². The van der Waals surface area contributed by atoms with Gasteiger partial charge in [-0.05, 0) is 30.0 Å². The first-order valence-electron chi connectivity index (χ1n) is 6.55. The Morgan fingerprint density at radius 1 is 1.21 bits per heavy atom. The molecule has 0 fully saturated rings. The number of aliphatic hydroxyl groups excluding tert-OH is 2. The predicted molar refractivity (Wildman–Crippen MR) is 75.7 cm³/mol. The third-order valence-corrected chi connectivity index (χ3v) is 2.80. The van der Waals surface area contributed by atoms with E-state index in [2.05, 4.69) is 19.8 Å². The number of rotatable bonds is 7. The molecule has 0 aliphatic heterocycles. The molecular formula is C16H22O3. The monoisotopic (exact) mass is 262 g/mol. The molecule has 0 aliphatic carbocycles. The van der Waals surface area contributed by atoms with Gasteiger partial charge in [-0.3, -0.25) is 0 Å². The largest absolute Gasteiger partial charge is 0.478 e. The van der Waals surface area contributed by atoms with E-state index in [1.165, 1.54) is 0 Å². The van der Waals surface area contributed by atoms with Crippen molar-refractivity contribution in [1.29, 1.82) is 0 Å². The summed E-state index contributed by atoms with van der Waals surface area (Å²) in [5.74, 6) is 3.63. The molecule has 0 aliphatic rings. The zero-order valence-electron chi connectivity index (χ0n) is 11.5. The second-order valence-electron chi connectivity index (χ2n) is 5.09. The van der Waals surface area contributed by atoms with Gasteiger partial charge in [-0.15, -0.1) is 6.42 Å². The Balaban J connectivity index is 2.54. The normalized spacial score (nSPS) is 13.9. The van der Waals surface area contributed by atoms with Gasteiger partial charge in [0.1, 0.15) is 5.75 Å². The molecule has 1 rings (SSSR count). The average Bonchev–Trinajstić information content (AvgIpc) is 2.37. The lowest BCUT2D eigenvalue weighted by Crippen LogP contribution is -2.23. The first-order chi connectivity index (χ1) is 9.05. The maximum atomic E-state index is 9.87. The molecule has 1 aromatic carbocycles. The van der Waals surface area contributed by atoms with E-state index in [9.17, 15) is 5.11 Å². The SMILES string of the molecule is C#C[C@H](C[C@H](O)CC(C)C)Oc1ccc(CO)cc1. The van der Waals surface area contributed by atoms with Crippen LogP contribution in [-0.4, -0.2) is 22.4 Å². The summed E-state index contributed by atoms with van der Waals surface area (Å²) in [5.41, 5.74) is 0.824. The lowest BCUT2D eigenvalue weighted by molar-refractivity contribution is 0.100. The first-order valence-corrected chi connectivity index (χ1v) is 6.55. The van der Waals surface area contributed by atoms with Crippen molar-refractivity contribution >= 4 is 0 Å². The topological polar surface area (TPSA) is 49.7 Å². The summed E-state index contributed by atoms with van der Waals surface area (Å²) >= 11 is 0. The Hall–Kier alpha value is -1.50. The summed E-state index contributed by atoms with van der Waals surface area (Å²) < 4.78 is 5.64. The Kier molecular flexibility index (Phi) is 6.41. The van der Waals surface area contributed by atoms with Crippen molar-refractivity contribution in [2.45, 2.75) is 45.5 Å². The van der Waals surface area contributed by atoms with Crippen molar-refractivity contribution in [3.05, 3.63) is 29.8 Å². The third kappa shape index (κ3) is 5.78. The van der Waals surface area contributed by atoms with Crippen molar-refractivity contribution in [3.63, 3.8) is 0 Å². The number of terminal acetylenes is 1. The Bertz CT molecular complexity index is 403.